The van der Waals surface area contributed by atoms with Crippen molar-refractivity contribution in [3.05, 3.63) is 23.4 Å². The van der Waals surface area contributed by atoms with E-state index in [0.29, 0.717) is 11.2 Å². The van der Waals surface area contributed by atoms with Gasteiger partial charge in [0.25, 0.3) is 0 Å². The topological polar surface area (TPSA) is 34.2 Å². The number of rotatable bonds is 2. The molecule has 1 atom stereocenters. The highest BCUT2D eigenvalue weighted by Crippen LogP contribution is 2.26. The smallest absolute Gasteiger partial charge is 0.131 e. The van der Waals surface area contributed by atoms with E-state index in [1.807, 2.05) is 12.1 Å². The van der Waals surface area contributed by atoms with Crippen LogP contribution in [0.25, 0.3) is 0 Å². The number of aromatic nitrogens is 1. The Hall–Kier alpha value is -0.800. The fraction of sp³-hybridized carbons (Fsp3) is 0.583. The van der Waals surface area contributed by atoms with Gasteiger partial charge in [-0.15, -0.1) is 0 Å². The van der Waals surface area contributed by atoms with Crippen molar-refractivity contribution in [2.45, 2.75) is 38.3 Å². The average molecular weight is 241 g/mol. The van der Waals surface area contributed by atoms with Gasteiger partial charge in [-0.25, -0.2) is 4.98 Å². The quantitative estimate of drug-likeness (QED) is 0.807. The molecule has 16 heavy (non-hydrogen) atoms. The van der Waals surface area contributed by atoms with Crippen molar-refractivity contribution in [2.24, 2.45) is 0 Å². The van der Waals surface area contributed by atoms with Crippen molar-refractivity contribution in [3.63, 3.8) is 0 Å². The molecule has 2 heterocycles. The maximum atomic E-state index is 5.84. The fourth-order valence-electron chi connectivity index (χ4n) is 2.05. The van der Waals surface area contributed by atoms with Gasteiger partial charge < -0.3 is 10.1 Å². The molecule has 0 amide bonds. The zero-order chi connectivity index (χ0) is 11.6. The van der Waals surface area contributed by atoms with Gasteiger partial charge in [0.05, 0.1) is 5.60 Å². The first-order valence-electron chi connectivity index (χ1n) is 5.58. The number of nitrogens with one attached hydrogen (secondary N) is 1. The standard InChI is InChI=1S/C12H17ClN2O/c1-12(2)8-9(6-7-16-12)14-11-5-3-4-10(13)15-11/h3-5,9H,6-8H2,1-2H3,(H,14,15). The van der Waals surface area contributed by atoms with Crippen LogP contribution in [-0.2, 0) is 4.74 Å². The Balaban J connectivity index is 1.99. The van der Waals surface area contributed by atoms with Crippen LogP contribution in [0.15, 0.2) is 18.2 Å². The lowest BCUT2D eigenvalue weighted by atomic mass is 9.94. The summed E-state index contributed by atoms with van der Waals surface area (Å²) in [5.41, 5.74) is -0.0471. The molecule has 0 aromatic carbocycles. The number of ether oxygens (including phenoxy) is 1. The summed E-state index contributed by atoms with van der Waals surface area (Å²) in [4.78, 5) is 4.23. The zero-order valence-corrected chi connectivity index (χ0v) is 10.4. The Morgan fingerprint density at radius 1 is 1.50 bits per heavy atom. The summed E-state index contributed by atoms with van der Waals surface area (Å²) in [6.45, 7) is 5.03. The van der Waals surface area contributed by atoms with E-state index in [-0.39, 0.29) is 5.60 Å². The first-order chi connectivity index (χ1) is 7.55. The van der Waals surface area contributed by atoms with Crippen LogP contribution in [0, 0.1) is 0 Å². The third kappa shape index (κ3) is 3.09. The lowest BCUT2D eigenvalue weighted by molar-refractivity contribution is -0.0553. The van der Waals surface area contributed by atoms with Gasteiger partial charge in [0.15, 0.2) is 0 Å². The van der Waals surface area contributed by atoms with E-state index in [0.717, 1.165) is 25.3 Å². The fourth-order valence-corrected chi connectivity index (χ4v) is 2.22. The second kappa shape index (κ2) is 4.60. The lowest BCUT2D eigenvalue weighted by Gasteiger charge is -2.36. The third-order valence-corrected chi connectivity index (χ3v) is 2.97. The minimum Gasteiger partial charge on any atom is -0.375 e. The Labute approximate surface area is 101 Å². The number of anilines is 1. The lowest BCUT2D eigenvalue weighted by Crippen LogP contribution is -2.40. The van der Waals surface area contributed by atoms with E-state index in [1.54, 1.807) is 6.07 Å². The summed E-state index contributed by atoms with van der Waals surface area (Å²) >= 11 is 5.84. The number of pyridine rings is 1. The summed E-state index contributed by atoms with van der Waals surface area (Å²) in [5.74, 6) is 0.843. The highest BCUT2D eigenvalue weighted by Gasteiger charge is 2.28. The molecule has 1 aliphatic rings. The van der Waals surface area contributed by atoms with Gasteiger partial charge in [0.2, 0.25) is 0 Å². The Morgan fingerprint density at radius 2 is 2.31 bits per heavy atom. The Kier molecular flexibility index (Phi) is 3.36. The number of halogens is 1. The van der Waals surface area contributed by atoms with Crippen molar-refractivity contribution < 1.29 is 4.74 Å². The van der Waals surface area contributed by atoms with Crippen LogP contribution < -0.4 is 5.32 Å². The van der Waals surface area contributed by atoms with Gasteiger partial charge in [-0.2, -0.15) is 0 Å². The predicted octanol–water partition coefficient (Wildman–Crippen LogP) is 3.10. The summed E-state index contributed by atoms with van der Waals surface area (Å²) < 4.78 is 5.67. The summed E-state index contributed by atoms with van der Waals surface area (Å²) in [7, 11) is 0. The average Bonchev–Trinajstić information content (AvgIpc) is 2.15. The molecule has 0 aliphatic carbocycles. The van der Waals surface area contributed by atoms with Crippen molar-refractivity contribution in [2.75, 3.05) is 11.9 Å². The van der Waals surface area contributed by atoms with Crippen LogP contribution in [-0.4, -0.2) is 23.2 Å². The van der Waals surface area contributed by atoms with Gasteiger partial charge in [-0.3, -0.25) is 0 Å². The monoisotopic (exact) mass is 240 g/mol. The Bertz CT molecular complexity index is 368. The number of hydrogen-bond acceptors (Lipinski definition) is 3. The largest absolute Gasteiger partial charge is 0.375 e. The molecular formula is C12H17ClN2O. The molecule has 0 radical (unpaired) electrons. The van der Waals surface area contributed by atoms with Crippen molar-refractivity contribution >= 4 is 17.4 Å². The van der Waals surface area contributed by atoms with Crippen LogP contribution in [0.3, 0.4) is 0 Å². The van der Waals surface area contributed by atoms with E-state index >= 15 is 0 Å². The minimum absolute atomic E-state index is 0.0471. The first-order valence-corrected chi connectivity index (χ1v) is 5.96. The molecule has 0 spiro atoms. The molecule has 1 aromatic heterocycles. The number of nitrogens with zero attached hydrogens (tertiary/aromatic N) is 1. The molecule has 1 fully saturated rings. The molecule has 0 bridgehead atoms. The van der Waals surface area contributed by atoms with E-state index in [9.17, 15) is 0 Å². The van der Waals surface area contributed by atoms with Crippen LogP contribution in [0.1, 0.15) is 26.7 Å². The van der Waals surface area contributed by atoms with Crippen molar-refractivity contribution in [1.82, 2.24) is 4.98 Å². The van der Waals surface area contributed by atoms with Gasteiger partial charge in [-0.1, -0.05) is 17.7 Å². The van der Waals surface area contributed by atoms with Gasteiger partial charge in [0.1, 0.15) is 11.0 Å². The summed E-state index contributed by atoms with van der Waals surface area (Å²) in [6.07, 6.45) is 2.00. The van der Waals surface area contributed by atoms with Crippen LogP contribution in [0.4, 0.5) is 5.82 Å². The molecule has 1 saturated heterocycles. The van der Waals surface area contributed by atoms with Gasteiger partial charge in [-0.05, 0) is 38.8 Å². The zero-order valence-electron chi connectivity index (χ0n) is 9.66. The molecular weight excluding hydrogens is 224 g/mol. The molecule has 1 unspecified atom stereocenters. The molecule has 4 heteroatoms. The maximum absolute atomic E-state index is 5.84. The molecule has 1 aliphatic heterocycles. The molecule has 2 rings (SSSR count). The van der Waals surface area contributed by atoms with E-state index in [4.69, 9.17) is 16.3 Å². The second-order valence-corrected chi connectivity index (χ2v) is 5.18. The van der Waals surface area contributed by atoms with Crippen LogP contribution in [0.2, 0.25) is 5.15 Å². The van der Waals surface area contributed by atoms with E-state index < -0.39 is 0 Å². The van der Waals surface area contributed by atoms with Gasteiger partial charge >= 0.3 is 0 Å². The summed E-state index contributed by atoms with van der Waals surface area (Å²) in [6, 6.07) is 6.03. The summed E-state index contributed by atoms with van der Waals surface area (Å²) in [5, 5.41) is 3.93. The third-order valence-electron chi connectivity index (χ3n) is 2.76. The highest BCUT2D eigenvalue weighted by atomic mass is 35.5. The molecule has 0 saturated carbocycles. The van der Waals surface area contributed by atoms with Gasteiger partial charge in [0, 0.05) is 12.6 Å². The molecule has 3 nitrogen and oxygen atoms in total. The first kappa shape index (κ1) is 11.7. The SMILES string of the molecule is CC1(C)CC(Nc2cccc(Cl)n2)CCO1. The highest BCUT2D eigenvalue weighted by molar-refractivity contribution is 6.29. The minimum atomic E-state index is -0.0471. The van der Waals surface area contributed by atoms with Crippen LogP contribution >= 0.6 is 11.6 Å². The molecule has 1 aromatic rings. The van der Waals surface area contributed by atoms with E-state index in [1.165, 1.54) is 0 Å². The van der Waals surface area contributed by atoms with Crippen LogP contribution in [0.5, 0.6) is 0 Å². The van der Waals surface area contributed by atoms with E-state index in [2.05, 4.69) is 24.1 Å². The maximum Gasteiger partial charge on any atom is 0.131 e. The van der Waals surface area contributed by atoms with Crippen molar-refractivity contribution in [3.8, 4) is 0 Å². The predicted molar refractivity (Wildman–Crippen MR) is 65.9 cm³/mol. The number of hydrogen-bond donors (Lipinski definition) is 1. The molecule has 1 N–H and O–H groups in total. The Morgan fingerprint density at radius 3 is 3.00 bits per heavy atom. The second-order valence-electron chi connectivity index (χ2n) is 4.79. The molecule has 88 valence electrons. The van der Waals surface area contributed by atoms with Crippen molar-refractivity contribution in [1.29, 1.82) is 0 Å². The normalized spacial score (nSPS) is 24.1.